The zero-order valence-corrected chi connectivity index (χ0v) is 97.6. The molecule has 0 aromatic carbocycles. The fraction of sp³-hybridized carbons (Fsp3) is 0.831. The molecule has 840 valence electrons. The van der Waals surface area contributed by atoms with Crippen molar-refractivity contribution in [2.45, 2.75) is 317 Å². The van der Waals surface area contributed by atoms with Gasteiger partial charge in [0, 0.05) is 11.8 Å². The van der Waals surface area contributed by atoms with Crippen molar-refractivity contribution in [2.24, 2.45) is 109 Å². The molecule has 31 N–H and O–H groups in total. The number of nitrogens with one attached hydrogen (secondary N) is 9. The van der Waals surface area contributed by atoms with E-state index in [1.165, 1.54) is 64.2 Å². The summed E-state index contributed by atoms with van der Waals surface area (Å²) in [5.41, 5.74) is 54.2. The molecule has 0 aromatic heterocycles. The Balaban J connectivity index is -0.000000144. The van der Waals surface area contributed by atoms with Gasteiger partial charge in [0.15, 0.2) is 50.5 Å². The predicted molar refractivity (Wildman–Crippen MR) is 495 cm³/mol. The minimum atomic E-state index is -1.47. The molecule has 8 atom stereocenters. The topological polar surface area (TPSA) is 907 Å². The standard InChI is InChI=1S/2C8H16N2O2.C7H13N.7C7H10O4.C6H12N2.C6H12N.C5H10N.4H2N.7Pt/c2*1-5(2)8-11-6(3-9)7(4-10)12-8;1-6-4-2-3-5-7(6)8;7*1-4-2-7(3-4,5(8)9)6(10)11;7-3-5-1-2-6(5)4-8;7-6-4-2-1-3-5-6;6-5-3-1-2-4-5;;;;;;;;;;;/h2*5-10H,3-4H2,1-2H3;6-8H,1-5H2;7*4H,2-3H2,1H3,(H,8,9)(H,10,11);5-8H,1-4H2;6-7H,1-5H2;5-6H,1-4H2;4*1H2;;;;;;;/q3*-2;;;;;;;;-2;6*-1;7*+2/t3*6-,7-;;;;;;;;;;;;;;;;;;;;;/m111...................../s1. The molecular formula is C89H157N13O32Pt7. The second-order valence-corrected chi connectivity index (χ2v) is 38.7. The molecule has 45 nitrogen and oxygen atoms in total. The quantitative estimate of drug-likeness (QED) is 0.0354. The van der Waals surface area contributed by atoms with Gasteiger partial charge in [-0.2, -0.15) is 12.0 Å². The number of carboxylic acids is 14. The van der Waals surface area contributed by atoms with Gasteiger partial charge >= 0.3 is 231 Å². The van der Waals surface area contributed by atoms with Crippen LogP contribution in [-0.4, -0.2) is 249 Å². The van der Waals surface area contributed by atoms with Gasteiger partial charge in [0.1, 0.15) is 0 Å². The molecule has 2 heterocycles. The number of hydrogen-bond acceptors (Lipinski definition) is 18. The van der Waals surface area contributed by atoms with Gasteiger partial charge in [-0.05, 0) is 131 Å². The van der Waals surface area contributed by atoms with Gasteiger partial charge in [-0.25, -0.2) is 0 Å². The Kier molecular flexibility index (Phi) is 85.8. The van der Waals surface area contributed by atoms with E-state index < -0.39 is 121 Å². The van der Waals surface area contributed by atoms with E-state index >= 15 is 0 Å². The van der Waals surface area contributed by atoms with Crippen LogP contribution in [0, 0.1) is 116 Å². The SMILES string of the molecule is CC(C)C1O[C@H](C[NH-])[C@@H](C[NH-])O1.CC(C)C1O[C@H](C[NH-])[C@@H](C[NH-])O1.CC1CC(C(=O)O)(C(=O)O)C1.CC1CC(C(=O)O)(C(=O)O)C1.CC1CC(C(=O)O)(C(=O)O)C1.CC1CC(C(=O)O)(C(=O)O)C1.CC1CC(C(=O)O)(C(=O)O)C1.CC1CC(C(=O)O)(C(=O)O)C1.CC1CC(C(=O)O)(C(=O)O)C1.[CH2-][C@@H]1CCCC[C@H]1[NH-].[NH-]C1CCCC1.[NH-]C1CCCCC1.[NH-]CC1CCC1C[NH-].[NH2-].[NH2-].[NH2-].[NH2-].[Pt+2].[Pt+2].[Pt+2].[Pt+2].[Pt+2].[Pt+2].[Pt+2]. The fourth-order valence-corrected chi connectivity index (χ4v) is 17.9. The Morgan fingerprint density at radius 3 is 0.468 bits per heavy atom. The summed E-state index contributed by atoms with van der Waals surface area (Å²) in [5, 5.41) is 120. The van der Waals surface area contributed by atoms with Crippen LogP contribution in [0.3, 0.4) is 0 Å². The Labute approximate surface area is 929 Å². The Morgan fingerprint density at radius 2 is 0.397 bits per heavy atom. The van der Waals surface area contributed by atoms with Crippen LogP contribution in [0.1, 0.15) is 262 Å². The maximum Gasteiger partial charge on any atom is 2.00 e. The first-order valence-corrected chi connectivity index (χ1v) is 45.0. The van der Waals surface area contributed by atoms with Gasteiger partial charge in [-0.3, -0.25) is 67.1 Å². The van der Waals surface area contributed by atoms with Crippen molar-refractivity contribution in [1.82, 2.24) is 0 Å². The van der Waals surface area contributed by atoms with E-state index in [4.69, 9.17) is 142 Å². The summed E-state index contributed by atoms with van der Waals surface area (Å²) in [5.74, 6) is -13.1. The van der Waals surface area contributed by atoms with Crippen LogP contribution < -0.4 is 0 Å². The molecule has 141 heavy (non-hydrogen) atoms. The first-order valence-electron chi connectivity index (χ1n) is 45.0. The summed E-state index contributed by atoms with van der Waals surface area (Å²) < 4.78 is 21.8. The minimum absolute atomic E-state index is 0. The predicted octanol–water partition coefficient (Wildman–Crippen LogP) is 19.5. The van der Waals surface area contributed by atoms with Crippen molar-refractivity contribution in [3.8, 4) is 0 Å². The third-order valence-electron chi connectivity index (χ3n) is 26.4. The van der Waals surface area contributed by atoms with E-state index in [9.17, 15) is 67.1 Å². The number of nitrogens with two attached hydrogens (primary N) is 4. The molecule has 52 heteroatoms. The molecule has 13 rings (SSSR count). The normalized spacial score (nSPS) is 24.2. The summed E-state index contributed by atoms with van der Waals surface area (Å²) in [6.45, 7) is 26.7. The number of ether oxygens (including phenoxy) is 4. The monoisotopic (exact) mass is 3280 g/mol. The summed E-state index contributed by atoms with van der Waals surface area (Å²) in [7, 11) is 0. The van der Waals surface area contributed by atoms with Gasteiger partial charge in [0.25, 0.3) is 0 Å². The number of aliphatic carboxylic acids is 14. The molecule has 13 fully saturated rings. The van der Waals surface area contributed by atoms with Gasteiger partial charge in [0.2, 0.25) is 0 Å². The third kappa shape index (κ3) is 47.0. The van der Waals surface area contributed by atoms with E-state index in [-0.39, 0.29) is 379 Å². The molecule has 2 aliphatic heterocycles. The van der Waals surface area contributed by atoms with Crippen molar-refractivity contribution in [1.29, 1.82) is 0 Å². The molecule has 2 unspecified atom stereocenters. The van der Waals surface area contributed by atoms with Gasteiger partial charge in [-0.15, -0.1) is 51.4 Å². The smallest absolute Gasteiger partial charge is 0.693 e. The Bertz CT molecular complexity index is 3000. The second-order valence-electron chi connectivity index (χ2n) is 38.7. The van der Waals surface area contributed by atoms with Crippen molar-refractivity contribution in [3.05, 3.63) is 83.1 Å². The van der Waals surface area contributed by atoms with E-state index in [0.717, 1.165) is 32.1 Å². The average Bonchev–Trinajstić information content (AvgIpc) is 1.31. The Hall–Kier alpha value is -3.28. The molecule has 0 amide bonds. The Morgan fingerprint density at radius 1 is 0.255 bits per heavy atom. The molecule has 0 bridgehead atoms. The molecule has 0 spiro atoms. The fourth-order valence-electron chi connectivity index (χ4n) is 17.9. The van der Waals surface area contributed by atoms with E-state index in [2.05, 4.69) is 6.92 Å². The molecule has 13 aliphatic rings. The molecule has 2 saturated heterocycles. The van der Waals surface area contributed by atoms with Crippen LogP contribution in [0.15, 0.2) is 0 Å². The van der Waals surface area contributed by atoms with Gasteiger partial charge in [-0.1, -0.05) is 184 Å². The number of carboxylic acid groups (broad SMARTS) is 14. The first kappa shape index (κ1) is 160. The van der Waals surface area contributed by atoms with E-state index in [1.54, 1.807) is 0 Å². The van der Waals surface area contributed by atoms with Crippen LogP contribution in [0.25, 0.3) is 76.2 Å². The van der Waals surface area contributed by atoms with Crippen LogP contribution in [0.4, 0.5) is 0 Å². The maximum absolute atomic E-state index is 10.5. The minimum Gasteiger partial charge on any atom is -0.693 e. The van der Waals surface area contributed by atoms with Crippen LogP contribution >= 0.6 is 0 Å². The van der Waals surface area contributed by atoms with E-state index in [1.807, 2.05) is 76.2 Å². The van der Waals surface area contributed by atoms with Crippen LogP contribution in [0.5, 0.6) is 0 Å². The summed E-state index contributed by atoms with van der Waals surface area (Å²) in [6, 6.07) is 0.725. The van der Waals surface area contributed by atoms with Gasteiger partial charge < -0.3 is 174 Å². The van der Waals surface area contributed by atoms with E-state index in [0.29, 0.717) is 48.7 Å². The first-order chi connectivity index (χ1) is 60.3. The third-order valence-corrected chi connectivity index (χ3v) is 26.4. The van der Waals surface area contributed by atoms with Crippen molar-refractivity contribution in [3.63, 3.8) is 0 Å². The average molecular weight is 3290 g/mol. The number of carbonyl (C=O) groups is 14. The zero-order chi connectivity index (χ0) is 100. The number of hydrogen-bond donors (Lipinski definition) is 14. The largest absolute Gasteiger partial charge is 2.00 e. The molecular weight excluding hydrogens is 3130 g/mol. The van der Waals surface area contributed by atoms with Crippen molar-refractivity contribution < 1.29 is 305 Å². The zero-order valence-electron chi connectivity index (χ0n) is 81.7. The van der Waals surface area contributed by atoms with Crippen LogP contribution in [-0.2, 0) is 234 Å². The molecule has 11 aliphatic carbocycles. The molecule has 0 radical (unpaired) electrons. The van der Waals surface area contributed by atoms with Crippen molar-refractivity contribution in [2.75, 3.05) is 39.3 Å². The second kappa shape index (κ2) is 75.4. The molecule has 11 saturated carbocycles. The number of rotatable bonds is 22. The molecule has 0 aromatic rings. The van der Waals surface area contributed by atoms with Crippen LogP contribution in [0.2, 0.25) is 0 Å². The summed E-state index contributed by atoms with van der Waals surface area (Å²) >= 11 is 0. The summed E-state index contributed by atoms with van der Waals surface area (Å²) in [4.78, 5) is 147. The maximum atomic E-state index is 10.5. The van der Waals surface area contributed by atoms with Gasteiger partial charge in [0.05, 0.1) is 24.4 Å². The summed E-state index contributed by atoms with van der Waals surface area (Å²) in [6.07, 6.45) is 20.8. The van der Waals surface area contributed by atoms with Crippen molar-refractivity contribution >= 4 is 83.6 Å².